The summed E-state index contributed by atoms with van der Waals surface area (Å²) in [5, 5.41) is 3.05. The number of hydrogen-bond donors (Lipinski definition) is 1. The fourth-order valence-electron chi connectivity index (χ4n) is 2.83. The summed E-state index contributed by atoms with van der Waals surface area (Å²) in [6.07, 6.45) is 14.2. The molecule has 1 aromatic carbocycles. The highest BCUT2D eigenvalue weighted by molar-refractivity contribution is 5.75. The summed E-state index contributed by atoms with van der Waals surface area (Å²) in [4.78, 5) is 11.7. The molecule has 130 valence electrons. The Kier molecular flexibility index (Phi) is 12.3. The molecule has 1 N–H and O–H groups in total. The minimum absolute atomic E-state index is 0.241. The van der Waals surface area contributed by atoms with Crippen LogP contribution in [-0.2, 0) is 11.2 Å². The van der Waals surface area contributed by atoms with Crippen LogP contribution in [0.15, 0.2) is 30.3 Å². The van der Waals surface area contributed by atoms with Crippen molar-refractivity contribution in [3.05, 3.63) is 35.9 Å². The first kappa shape index (κ1) is 19.7. The molecule has 0 radical (unpaired) electrons. The Balaban J connectivity index is 1.84. The maximum absolute atomic E-state index is 11.7. The van der Waals surface area contributed by atoms with Crippen molar-refractivity contribution < 1.29 is 4.79 Å². The van der Waals surface area contributed by atoms with Gasteiger partial charge >= 0.3 is 0 Å². The molecule has 2 nitrogen and oxygen atoms in total. The van der Waals surface area contributed by atoms with Crippen LogP contribution in [0.25, 0.3) is 0 Å². The van der Waals surface area contributed by atoms with Crippen LogP contribution in [0.2, 0.25) is 0 Å². The number of aryl methyl sites for hydroxylation is 1. The molecule has 0 saturated carbocycles. The SMILES string of the molecule is CCCCCCCCC(=O)NCCCCCCc1ccccc1. The Hall–Kier alpha value is -1.31. The molecule has 0 heterocycles. The summed E-state index contributed by atoms with van der Waals surface area (Å²) in [5.41, 5.74) is 1.43. The third-order valence-corrected chi connectivity index (χ3v) is 4.31. The molecular weight excluding hydrogens is 282 g/mol. The van der Waals surface area contributed by atoms with Gasteiger partial charge in [0.05, 0.1) is 0 Å². The number of carbonyl (C=O) groups is 1. The van der Waals surface area contributed by atoms with E-state index in [-0.39, 0.29) is 5.91 Å². The van der Waals surface area contributed by atoms with Crippen LogP contribution in [0, 0.1) is 0 Å². The number of nitrogens with one attached hydrogen (secondary N) is 1. The van der Waals surface area contributed by atoms with Crippen molar-refractivity contribution >= 4 is 5.91 Å². The second-order valence-electron chi connectivity index (χ2n) is 6.52. The van der Waals surface area contributed by atoms with E-state index in [0.717, 1.165) is 19.4 Å². The first-order valence-electron chi connectivity index (χ1n) is 9.63. The summed E-state index contributed by atoms with van der Waals surface area (Å²) in [7, 11) is 0. The van der Waals surface area contributed by atoms with E-state index in [1.54, 1.807) is 0 Å². The second kappa shape index (κ2) is 14.3. The van der Waals surface area contributed by atoms with Crippen molar-refractivity contribution in [1.82, 2.24) is 5.32 Å². The van der Waals surface area contributed by atoms with Gasteiger partial charge in [0.15, 0.2) is 0 Å². The van der Waals surface area contributed by atoms with Crippen molar-refractivity contribution in [2.24, 2.45) is 0 Å². The van der Waals surface area contributed by atoms with Gasteiger partial charge in [-0.3, -0.25) is 4.79 Å². The predicted molar refractivity (Wildman–Crippen MR) is 99.6 cm³/mol. The number of rotatable bonds is 14. The Labute approximate surface area is 143 Å². The number of hydrogen-bond acceptors (Lipinski definition) is 1. The van der Waals surface area contributed by atoms with Crippen LogP contribution in [0.5, 0.6) is 0 Å². The first-order valence-corrected chi connectivity index (χ1v) is 9.63. The van der Waals surface area contributed by atoms with Crippen LogP contribution < -0.4 is 5.32 Å². The van der Waals surface area contributed by atoms with Crippen LogP contribution in [0.4, 0.5) is 0 Å². The average molecular weight is 318 g/mol. The summed E-state index contributed by atoms with van der Waals surface area (Å²) in [6, 6.07) is 10.7. The first-order chi connectivity index (χ1) is 11.3. The molecule has 0 aromatic heterocycles. The van der Waals surface area contributed by atoms with E-state index in [1.807, 2.05) is 0 Å². The average Bonchev–Trinajstić information content (AvgIpc) is 2.58. The topological polar surface area (TPSA) is 29.1 Å². The van der Waals surface area contributed by atoms with Gasteiger partial charge in [-0.2, -0.15) is 0 Å². The lowest BCUT2D eigenvalue weighted by Crippen LogP contribution is -2.23. The molecule has 1 rings (SSSR count). The highest BCUT2D eigenvalue weighted by atomic mass is 16.1. The van der Waals surface area contributed by atoms with Crippen LogP contribution in [-0.4, -0.2) is 12.5 Å². The van der Waals surface area contributed by atoms with Gasteiger partial charge in [-0.25, -0.2) is 0 Å². The summed E-state index contributed by atoms with van der Waals surface area (Å²) in [6.45, 7) is 3.08. The number of amides is 1. The van der Waals surface area contributed by atoms with E-state index in [0.29, 0.717) is 6.42 Å². The van der Waals surface area contributed by atoms with Crippen molar-refractivity contribution in [1.29, 1.82) is 0 Å². The van der Waals surface area contributed by atoms with Gasteiger partial charge < -0.3 is 5.32 Å². The van der Waals surface area contributed by atoms with Crippen molar-refractivity contribution in [3.63, 3.8) is 0 Å². The zero-order valence-corrected chi connectivity index (χ0v) is 15.0. The molecule has 0 saturated heterocycles. The van der Waals surface area contributed by atoms with E-state index in [9.17, 15) is 4.79 Å². The van der Waals surface area contributed by atoms with Crippen molar-refractivity contribution in [3.8, 4) is 0 Å². The smallest absolute Gasteiger partial charge is 0.219 e. The lowest BCUT2D eigenvalue weighted by Gasteiger charge is -2.06. The molecule has 1 amide bonds. The Morgan fingerprint density at radius 3 is 2.26 bits per heavy atom. The van der Waals surface area contributed by atoms with Gasteiger partial charge in [-0.15, -0.1) is 0 Å². The van der Waals surface area contributed by atoms with E-state index < -0.39 is 0 Å². The number of unbranched alkanes of at least 4 members (excludes halogenated alkanes) is 8. The third kappa shape index (κ3) is 11.9. The van der Waals surface area contributed by atoms with Crippen LogP contribution >= 0.6 is 0 Å². The molecule has 2 heteroatoms. The van der Waals surface area contributed by atoms with Gasteiger partial charge in [-0.1, -0.05) is 82.2 Å². The molecule has 0 fully saturated rings. The molecular formula is C21H35NO. The van der Waals surface area contributed by atoms with Crippen molar-refractivity contribution in [2.75, 3.05) is 6.54 Å². The normalized spacial score (nSPS) is 10.7. The minimum atomic E-state index is 0.241. The molecule has 1 aromatic rings. The monoisotopic (exact) mass is 317 g/mol. The van der Waals surface area contributed by atoms with E-state index in [1.165, 1.54) is 63.4 Å². The van der Waals surface area contributed by atoms with Gasteiger partial charge in [-0.05, 0) is 31.2 Å². The molecule has 0 aliphatic heterocycles. The maximum atomic E-state index is 11.7. The third-order valence-electron chi connectivity index (χ3n) is 4.31. The molecule has 0 aliphatic carbocycles. The Bertz CT molecular complexity index is 388. The van der Waals surface area contributed by atoms with Gasteiger partial charge in [0.2, 0.25) is 5.91 Å². The quantitative estimate of drug-likeness (QED) is 0.441. The van der Waals surface area contributed by atoms with E-state index in [4.69, 9.17) is 0 Å². The standard InChI is InChI=1S/C21H35NO/c1-2-3-4-5-6-13-18-21(23)22-19-14-8-7-10-15-20-16-11-9-12-17-20/h9,11-12,16-17H,2-8,10,13-15,18-19H2,1H3,(H,22,23). The number of benzene rings is 1. The highest BCUT2D eigenvalue weighted by Crippen LogP contribution is 2.08. The van der Waals surface area contributed by atoms with Gasteiger partial charge in [0, 0.05) is 13.0 Å². The molecule has 0 bridgehead atoms. The summed E-state index contributed by atoms with van der Waals surface area (Å²) in [5.74, 6) is 0.241. The largest absolute Gasteiger partial charge is 0.356 e. The van der Waals surface area contributed by atoms with Crippen molar-refractivity contribution in [2.45, 2.75) is 84.0 Å². The maximum Gasteiger partial charge on any atom is 0.219 e. The minimum Gasteiger partial charge on any atom is -0.356 e. The zero-order valence-electron chi connectivity index (χ0n) is 15.0. The lowest BCUT2D eigenvalue weighted by molar-refractivity contribution is -0.121. The van der Waals surface area contributed by atoms with E-state index >= 15 is 0 Å². The lowest BCUT2D eigenvalue weighted by atomic mass is 10.1. The zero-order chi connectivity index (χ0) is 16.6. The predicted octanol–water partition coefficient (Wildman–Crippen LogP) is 5.66. The molecule has 23 heavy (non-hydrogen) atoms. The fraction of sp³-hybridized carbons (Fsp3) is 0.667. The van der Waals surface area contributed by atoms with Gasteiger partial charge in [0.1, 0.15) is 0 Å². The molecule has 0 unspecified atom stereocenters. The highest BCUT2D eigenvalue weighted by Gasteiger charge is 2.00. The van der Waals surface area contributed by atoms with Gasteiger partial charge in [0.25, 0.3) is 0 Å². The number of carbonyl (C=O) groups excluding carboxylic acids is 1. The molecule has 0 spiro atoms. The summed E-state index contributed by atoms with van der Waals surface area (Å²) < 4.78 is 0. The molecule has 0 atom stereocenters. The molecule has 0 aliphatic rings. The Morgan fingerprint density at radius 1 is 0.826 bits per heavy atom. The fourth-order valence-corrected chi connectivity index (χ4v) is 2.83. The van der Waals surface area contributed by atoms with E-state index in [2.05, 4.69) is 42.6 Å². The second-order valence-corrected chi connectivity index (χ2v) is 6.52. The summed E-state index contributed by atoms with van der Waals surface area (Å²) >= 11 is 0. The Morgan fingerprint density at radius 2 is 1.48 bits per heavy atom. The van der Waals surface area contributed by atoms with Crippen LogP contribution in [0.3, 0.4) is 0 Å². The van der Waals surface area contributed by atoms with Crippen LogP contribution in [0.1, 0.15) is 83.1 Å².